The number of hydrogen-bond acceptors (Lipinski definition) is 8. The van der Waals surface area contributed by atoms with E-state index in [9.17, 15) is 19.5 Å². The number of likely N-dealkylation sites (N-methyl/N-ethyl adjacent to an activating group) is 1. The van der Waals surface area contributed by atoms with Crippen LogP contribution in [0.5, 0.6) is 0 Å². The molecule has 0 aliphatic rings. The number of carboxylic acid groups (broad SMARTS) is 1. The Labute approximate surface area is 464 Å². The van der Waals surface area contributed by atoms with Gasteiger partial charge in [-0.3, -0.25) is 9.59 Å². The Morgan fingerprint density at radius 2 is 0.733 bits per heavy atom. The van der Waals surface area contributed by atoms with Gasteiger partial charge >= 0.3 is 11.9 Å². The van der Waals surface area contributed by atoms with Crippen LogP contribution < -0.4 is 5.11 Å². The lowest BCUT2D eigenvalue weighted by atomic mass is 10.0. The summed E-state index contributed by atoms with van der Waals surface area (Å²) in [7, 11) is 5.92. The molecule has 0 N–H and O–H groups in total. The van der Waals surface area contributed by atoms with E-state index in [1.165, 1.54) is 212 Å². The average molecular weight is 1060 g/mol. The van der Waals surface area contributed by atoms with Crippen molar-refractivity contribution in [1.82, 2.24) is 0 Å². The first-order valence-corrected chi connectivity index (χ1v) is 32.1. The number of rotatable bonds is 60. The van der Waals surface area contributed by atoms with Crippen molar-refractivity contribution in [3.63, 3.8) is 0 Å². The Balaban J connectivity index is 3.88. The second-order valence-corrected chi connectivity index (χ2v) is 23.0. The van der Waals surface area contributed by atoms with Crippen molar-refractivity contribution in [3.8, 4) is 0 Å². The molecule has 0 bridgehead atoms. The van der Waals surface area contributed by atoms with Gasteiger partial charge in [0.15, 0.2) is 12.4 Å². The highest BCUT2D eigenvalue weighted by molar-refractivity contribution is 5.70. The number of carbonyl (C=O) groups is 3. The second-order valence-electron chi connectivity index (χ2n) is 23.0. The third-order valence-corrected chi connectivity index (χ3v) is 14.4. The molecule has 0 amide bonds. The molecule has 0 aliphatic carbocycles. The molecule has 0 aromatic carbocycles. The van der Waals surface area contributed by atoms with Gasteiger partial charge in [-0.1, -0.05) is 269 Å². The number of aliphatic carboxylic acids is 1. The summed E-state index contributed by atoms with van der Waals surface area (Å²) in [6.45, 7) is 4.72. The molecule has 2 atom stereocenters. The normalized spacial score (nSPS) is 12.9. The molecule has 0 radical (unpaired) electrons. The number of quaternary nitrogens is 1. The Hall–Kier alpha value is -2.49. The molecule has 2 unspecified atom stereocenters. The van der Waals surface area contributed by atoms with Crippen LogP contribution in [0, 0.1) is 0 Å². The maximum atomic E-state index is 12.8. The van der Waals surface area contributed by atoms with Gasteiger partial charge in [0.05, 0.1) is 40.3 Å². The van der Waals surface area contributed by atoms with Gasteiger partial charge in [0, 0.05) is 12.8 Å². The Morgan fingerprint density at radius 1 is 0.400 bits per heavy atom. The summed E-state index contributed by atoms with van der Waals surface area (Å²) in [6, 6.07) is 0. The summed E-state index contributed by atoms with van der Waals surface area (Å²) >= 11 is 0. The van der Waals surface area contributed by atoms with Gasteiger partial charge < -0.3 is 33.3 Å². The molecule has 0 saturated heterocycles. The number of hydrogen-bond donors (Lipinski definition) is 0. The van der Waals surface area contributed by atoms with E-state index in [1.54, 1.807) is 0 Å². The molecule has 0 heterocycles. The van der Waals surface area contributed by atoms with E-state index in [4.69, 9.17) is 18.9 Å². The zero-order chi connectivity index (χ0) is 54.8. The minimum absolute atomic E-state index is 0.149. The van der Waals surface area contributed by atoms with Gasteiger partial charge in [-0.2, -0.15) is 0 Å². The zero-order valence-electron chi connectivity index (χ0n) is 50.2. The van der Waals surface area contributed by atoms with E-state index in [0.29, 0.717) is 11.0 Å². The van der Waals surface area contributed by atoms with E-state index in [0.717, 1.165) is 70.6 Å². The summed E-state index contributed by atoms with van der Waals surface area (Å²) in [5, 5.41) is 11.7. The summed E-state index contributed by atoms with van der Waals surface area (Å²) in [4.78, 5) is 37.2. The molecule has 75 heavy (non-hydrogen) atoms. The van der Waals surface area contributed by atoms with E-state index < -0.39 is 24.3 Å². The standard InChI is InChI=1S/C66H123NO8/c1-6-8-10-12-14-16-18-19-20-21-22-23-24-25-26-27-28-29-30-31-32-33-34-35-36-37-38-39-40-41-42-43-44-45-47-49-51-53-55-57-64(69)75-62(61-74-66(65(70)71)72-59-58-67(3,4)5)60-73-63(68)56-54-52-50-48-46-17-15-13-11-9-7-2/h13,15,18-19,21-22,62,66H,6-12,14,16-17,20,23-61H2,1-5H3/b15-13-,19-18-,22-21-. The quantitative estimate of drug-likeness (QED) is 0.0195. The van der Waals surface area contributed by atoms with Gasteiger partial charge in [-0.05, 0) is 64.2 Å². The molecule has 9 heteroatoms. The van der Waals surface area contributed by atoms with Crippen LogP contribution in [0.15, 0.2) is 36.5 Å². The van der Waals surface area contributed by atoms with E-state index in [2.05, 4.69) is 50.3 Å². The van der Waals surface area contributed by atoms with Crippen molar-refractivity contribution in [2.45, 2.75) is 322 Å². The monoisotopic (exact) mass is 1060 g/mol. The molecule has 440 valence electrons. The minimum Gasteiger partial charge on any atom is -0.545 e. The van der Waals surface area contributed by atoms with Crippen LogP contribution in [-0.2, 0) is 33.3 Å². The predicted octanol–water partition coefficient (Wildman–Crippen LogP) is 17.9. The van der Waals surface area contributed by atoms with Crippen LogP contribution in [0.2, 0.25) is 0 Å². The van der Waals surface area contributed by atoms with Gasteiger partial charge in [0.25, 0.3) is 0 Å². The first-order valence-electron chi connectivity index (χ1n) is 32.1. The van der Waals surface area contributed by atoms with Gasteiger partial charge in [-0.25, -0.2) is 0 Å². The molecule has 0 rings (SSSR count). The van der Waals surface area contributed by atoms with Crippen LogP contribution in [-0.4, -0.2) is 82.3 Å². The van der Waals surface area contributed by atoms with Crippen molar-refractivity contribution in [2.75, 3.05) is 47.5 Å². The van der Waals surface area contributed by atoms with E-state index in [-0.39, 0.29) is 38.6 Å². The third-order valence-electron chi connectivity index (χ3n) is 14.4. The largest absolute Gasteiger partial charge is 0.545 e. The average Bonchev–Trinajstić information content (AvgIpc) is 3.38. The van der Waals surface area contributed by atoms with E-state index in [1.807, 2.05) is 21.1 Å². The first-order chi connectivity index (χ1) is 36.6. The number of ether oxygens (including phenoxy) is 4. The minimum atomic E-state index is -1.62. The maximum absolute atomic E-state index is 12.8. The highest BCUT2D eigenvalue weighted by Gasteiger charge is 2.22. The molecule has 0 fully saturated rings. The molecule has 0 saturated carbocycles. The lowest BCUT2D eigenvalue weighted by Crippen LogP contribution is -2.44. The van der Waals surface area contributed by atoms with Crippen LogP contribution in [0.1, 0.15) is 309 Å². The van der Waals surface area contributed by atoms with Gasteiger partial charge in [-0.15, -0.1) is 0 Å². The molecule has 9 nitrogen and oxygen atoms in total. The number of allylic oxidation sites excluding steroid dienone is 6. The Kier molecular flexibility index (Phi) is 55.8. The van der Waals surface area contributed by atoms with Crippen LogP contribution >= 0.6 is 0 Å². The van der Waals surface area contributed by atoms with Crippen LogP contribution in [0.25, 0.3) is 0 Å². The number of nitrogens with zero attached hydrogens (tertiary/aromatic N) is 1. The number of carbonyl (C=O) groups excluding carboxylic acids is 3. The SMILES string of the molecule is CCCC/C=C\CCCCCCCC(=O)OCC(COC(OCC[N+](C)(C)C)C(=O)[O-])OC(=O)CCCCCCCCCCCCCCCCCCCCCCCCCCCCC/C=C\C/C=C\CCCCCCC. The maximum Gasteiger partial charge on any atom is 0.306 e. The zero-order valence-corrected chi connectivity index (χ0v) is 50.2. The van der Waals surface area contributed by atoms with Crippen LogP contribution in [0.4, 0.5) is 0 Å². The second kappa shape index (κ2) is 57.7. The first kappa shape index (κ1) is 72.5. The Bertz CT molecular complexity index is 1320. The Morgan fingerprint density at radius 3 is 1.11 bits per heavy atom. The summed E-state index contributed by atoms with van der Waals surface area (Å²) < 4.78 is 22.7. The van der Waals surface area contributed by atoms with Crippen LogP contribution in [0.3, 0.4) is 0 Å². The number of esters is 2. The lowest BCUT2D eigenvalue weighted by Gasteiger charge is -2.26. The van der Waals surface area contributed by atoms with Gasteiger partial charge in [0.1, 0.15) is 13.2 Å². The van der Waals surface area contributed by atoms with Crippen molar-refractivity contribution in [1.29, 1.82) is 0 Å². The smallest absolute Gasteiger partial charge is 0.306 e. The van der Waals surface area contributed by atoms with Crippen molar-refractivity contribution in [3.05, 3.63) is 36.5 Å². The fourth-order valence-corrected chi connectivity index (χ4v) is 9.37. The topological polar surface area (TPSA) is 111 Å². The molecule has 0 aliphatic heterocycles. The lowest BCUT2D eigenvalue weighted by molar-refractivity contribution is -0.870. The van der Waals surface area contributed by atoms with Gasteiger partial charge in [0.2, 0.25) is 0 Å². The summed E-state index contributed by atoms with van der Waals surface area (Å²) in [5.74, 6) is -2.28. The highest BCUT2D eigenvalue weighted by atomic mass is 16.7. The predicted molar refractivity (Wildman–Crippen MR) is 316 cm³/mol. The summed E-state index contributed by atoms with van der Waals surface area (Å²) in [6.07, 6.45) is 68.2. The molecule has 0 aromatic heterocycles. The molecular formula is C66H123NO8. The fourth-order valence-electron chi connectivity index (χ4n) is 9.37. The molecule has 0 spiro atoms. The summed E-state index contributed by atoms with van der Waals surface area (Å²) in [5.41, 5.74) is 0. The number of carboxylic acids is 1. The van der Waals surface area contributed by atoms with Crippen molar-refractivity contribution >= 4 is 17.9 Å². The van der Waals surface area contributed by atoms with Crippen molar-refractivity contribution in [2.24, 2.45) is 0 Å². The fraction of sp³-hybridized carbons (Fsp3) is 0.864. The van der Waals surface area contributed by atoms with Crippen molar-refractivity contribution < 1.29 is 42.9 Å². The molecular weight excluding hydrogens is 935 g/mol. The molecule has 0 aromatic rings. The highest BCUT2D eigenvalue weighted by Crippen LogP contribution is 2.18. The number of unbranched alkanes of at least 4 members (excludes halogenated alkanes) is 39. The third kappa shape index (κ3) is 59.0. The van der Waals surface area contributed by atoms with E-state index >= 15 is 0 Å².